The van der Waals surface area contributed by atoms with E-state index in [4.69, 9.17) is 5.73 Å². The molecule has 30 heavy (non-hydrogen) atoms. The second-order valence-corrected chi connectivity index (χ2v) is 10.5. The summed E-state index contributed by atoms with van der Waals surface area (Å²) < 4.78 is 0. The summed E-state index contributed by atoms with van der Waals surface area (Å²) in [6.45, 7) is 6.86. The number of nitrogens with two attached hydrogens (primary N) is 1. The van der Waals surface area contributed by atoms with Crippen molar-refractivity contribution >= 4 is 17.5 Å². The first kappa shape index (κ1) is 22.8. The highest BCUT2D eigenvalue weighted by Gasteiger charge is 2.31. The van der Waals surface area contributed by atoms with E-state index >= 15 is 0 Å². The molecule has 3 rings (SSSR count). The van der Waals surface area contributed by atoms with Crippen LogP contribution in [0.2, 0.25) is 0 Å². The molecule has 0 saturated heterocycles. The van der Waals surface area contributed by atoms with Crippen molar-refractivity contribution in [1.82, 2.24) is 4.90 Å². The summed E-state index contributed by atoms with van der Waals surface area (Å²) in [5.74, 6) is 0.438. The Bertz CT molecular complexity index is 726. The Morgan fingerprint density at radius 3 is 2.30 bits per heavy atom. The fourth-order valence-corrected chi connectivity index (χ4v) is 4.78. The highest BCUT2D eigenvalue weighted by Crippen LogP contribution is 2.30. The Kier molecular flexibility index (Phi) is 7.56. The summed E-state index contributed by atoms with van der Waals surface area (Å²) in [5.41, 5.74) is 7.91. The molecule has 2 aliphatic carbocycles. The predicted molar refractivity (Wildman–Crippen MR) is 122 cm³/mol. The number of anilines is 1. The first-order chi connectivity index (χ1) is 14.2. The third-order valence-corrected chi connectivity index (χ3v) is 6.53. The maximum Gasteiger partial charge on any atom is 0.227 e. The third-order valence-electron chi connectivity index (χ3n) is 6.53. The van der Waals surface area contributed by atoms with Crippen LogP contribution in [0.25, 0.3) is 0 Å². The summed E-state index contributed by atoms with van der Waals surface area (Å²) in [5, 5.41) is 3.16. The molecule has 2 saturated carbocycles. The molecule has 3 N–H and O–H groups in total. The van der Waals surface area contributed by atoms with E-state index in [9.17, 15) is 9.59 Å². The van der Waals surface area contributed by atoms with Gasteiger partial charge in [0.2, 0.25) is 11.8 Å². The quantitative estimate of drug-likeness (QED) is 0.700. The smallest absolute Gasteiger partial charge is 0.227 e. The molecule has 0 aliphatic heterocycles. The molecule has 0 heterocycles. The Labute approximate surface area is 181 Å². The Balaban J connectivity index is 1.77. The molecule has 0 unspecified atom stereocenters. The van der Waals surface area contributed by atoms with Gasteiger partial charge in [-0.05, 0) is 55.6 Å². The van der Waals surface area contributed by atoms with E-state index in [1.807, 2.05) is 24.3 Å². The summed E-state index contributed by atoms with van der Waals surface area (Å²) in [4.78, 5) is 28.1. The van der Waals surface area contributed by atoms with Crippen molar-refractivity contribution in [2.75, 3.05) is 5.32 Å². The minimum Gasteiger partial charge on any atom is -0.335 e. The molecular weight excluding hydrogens is 374 g/mol. The fourth-order valence-electron chi connectivity index (χ4n) is 4.78. The first-order valence-electron chi connectivity index (χ1n) is 11.7. The SMILES string of the molecule is CC(C)(C)CC(=O)N(Cc1ccccc1NC(=O)C1CCCC1)C1CCC(N)CC1. The lowest BCUT2D eigenvalue weighted by molar-refractivity contribution is -0.137. The van der Waals surface area contributed by atoms with Crippen LogP contribution < -0.4 is 11.1 Å². The minimum absolute atomic E-state index is 0.0589. The zero-order valence-electron chi connectivity index (χ0n) is 19.0. The number of nitrogens with one attached hydrogen (secondary N) is 1. The van der Waals surface area contributed by atoms with Gasteiger partial charge in [-0.1, -0.05) is 51.8 Å². The highest BCUT2D eigenvalue weighted by molar-refractivity contribution is 5.93. The summed E-state index contributed by atoms with van der Waals surface area (Å²) in [6.07, 6.45) is 8.58. The molecular formula is C25H39N3O2. The molecule has 0 radical (unpaired) electrons. The number of rotatable bonds is 6. The Morgan fingerprint density at radius 1 is 1.03 bits per heavy atom. The third kappa shape index (κ3) is 6.31. The number of nitrogens with zero attached hydrogens (tertiary/aromatic N) is 1. The van der Waals surface area contributed by atoms with Crippen LogP contribution in [0.4, 0.5) is 5.69 Å². The largest absolute Gasteiger partial charge is 0.335 e. The Hall–Kier alpha value is -1.88. The van der Waals surface area contributed by atoms with Gasteiger partial charge in [-0.15, -0.1) is 0 Å². The number of hydrogen-bond donors (Lipinski definition) is 2. The number of hydrogen-bond acceptors (Lipinski definition) is 3. The van der Waals surface area contributed by atoms with Crippen LogP contribution in [-0.2, 0) is 16.1 Å². The van der Waals surface area contributed by atoms with Gasteiger partial charge in [0, 0.05) is 36.7 Å². The van der Waals surface area contributed by atoms with Crippen LogP contribution in [0, 0.1) is 11.3 Å². The van der Waals surface area contributed by atoms with Crippen molar-refractivity contribution in [2.45, 2.75) is 97.2 Å². The van der Waals surface area contributed by atoms with Crippen molar-refractivity contribution in [3.05, 3.63) is 29.8 Å². The van der Waals surface area contributed by atoms with E-state index in [0.717, 1.165) is 62.6 Å². The summed E-state index contributed by atoms with van der Waals surface area (Å²) in [7, 11) is 0. The van der Waals surface area contributed by atoms with Crippen molar-refractivity contribution < 1.29 is 9.59 Å². The minimum atomic E-state index is -0.0589. The summed E-state index contributed by atoms with van der Waals surface area (Å²) >= 11 is 0. The van der Waals surface area contributed by atoms with Crippen LogP contribution in [-0.4, -0.2) is 28.8 Å². The monoisotopic (exact) mass is 413 g/mol. The lowest BCUT2D eigenvalue weighted by Crippen LogP contribution is -2.44. The molecule has 1 aromatic rings. The molecule has 2 aliphatic rings. The van der Waals surface area contributed by atoms with E-state index in [-0.39, 0.29) is 35.2 Å². The number of benzene rings is 1. The summed E-state index contributed by atoms with van der Waals surface area (Å²) in [6, 6.07) is 8.41. The van der Waals surface area contributed by atoms with Crippen LogP contribution in [0.1, 0.15) is 84.1 Å². The molecule has 0 bridgehead atoms. The van der Waals surface area contributed by atoms with Crippen molar-refractivity contribution in [3.8, 4) is 0 Å². The zero-order chi connectivity index (χ0) is 21.7. The zero-order valence-corrected chi connectivity index (χ0v) is 19.0. The lowest BCUT2D eigenvalue weighted by atomic mass is 9.88. The molecule has 2 amide bonds. The molecule has 0 aromatic heterocycles. The Morgan fingerprint density at radius 2 is 1.67 bits per heavy atom. The van der Waals surface area contributed by atoms with Gasteiger partial charge in [0.25, 0.3) is 0 Å². The average molecular weight is 414 g/mol. The van der Waals surface area contributed by atoms with Gasteiger partial charge >= 0.3 is 0 Å². The van der Waals surface area contributed by atoms with Crippen LogP contribution in [0.5, 0.6) is 0 Å². The van der Waals surface area contributed by atoms with Gasteiger partial charge in [-0.25, -0.2) is 0 Å². The topological polar surface area (TPSA) is 75.4 Å². The number of amides is 2. The molecule has 5 heteroatoms. The standard InChI is InChI=1S/C25H39N3O2/c1-25(2,3)16-23(29)28(21-14-12-20(26)13-15-21)17-19-10-6-7-11-22(19)27-24(30)18-8-4-5-9-18/h6-7,10-11,18,20-21H,4-5,8-9,12-17,26H2,1-3H3,(H,27,30). The van der Waals surface area contributed by atoms with Gasteiger partial charge in [-0.2, -0.15) is 0 Å². The van der Waals surface area contributed by atoms with Crippen molar-refractivity contribution in [2.24, 2.45) is 17.1 Å². The van der Waals surface area contributed by atoms with Crippen LogP contribution in [0.3, 0.4) is 0 Å². The van der Waals surface area contributed by atoms with Crippen molar-refractivity contribution in [1.29, 1.82) is 0 Å². The molecule has 0 atom stereocenters. The maximum atomic E-state index is 13.3. The first-order valence-corrected chi connectivity index (χ1v) is 11.7. The average Bonchev–Trinajstić information content (AvgIpc) is 3.22. The molecule has 2 fully saturated rings. The van der Waals surface area contributed by atoms with Gasteiger partial charge in [0.05, 0.1) is 0 Å². The number of para-hydroxylation sites is 1. The normalized spacial score (nSPS) is 22.7. The van der Waals surface area contributed by atoms with E-state index in [1.54, 1.807) is 0 Å². The second kappa shape index (κ2) is 9.95. The van der Waals surface area contributed by atoms with E-state index < -0.39 is 0 Å². The molecule has 166 valence electrons. The van der Waals surface area contributed by atoms with Gasteiger partial charge in [0.15, 0.2) is 0 Å². The molecule has 0 spiro atoms. The number of carbonyl (C=O) groups excluding carboxylic acids is 2. The predicted octanol–water partition coefficient (Wildman–Crippen LogP) is 4.85. The number of carbonyl (C=O) groups is 2. The highest BCUT2D eigenvalue weighted by atomic mass is 16.2. The fraction of sp³-hybridized carbons (Fsp3) is 0.680. The molecule has 1 aromatic carbocycles. The van der Waals surface area contributed by atoms with Crippen molar-refractivity contribution in [3.63, 3.8) is 0 Å². The van der Waals surface area contributed by atoms with Gasteiger partial charge < -0.3 is 16.0 Å². The van der Waals surface area contributed by atoms with E-state index in [1.165, 1.54) is 0 Å². The maximum absolute atomic E-state index is 13.3. The van der Waals surface area contributed by atoms with Gasteiger partial charge in [0.1, 0.15) is 0 Å². The second-order valence-electron chi connectivity index (χ2n) is 10.5. The van der Waals surface area contributed by atoms with E-state index in [0.29, 0.717) is 13.0 Å². The van der Waals surface area contributed by atoms with E-state index in [2.05, 4.69) is 31.0 Å². The molecule has 5 nitrogen and oxygen atoms in total. The van der Waals surface area contributed by atoms with Crippen LogP contribution >= 0.6 is 0 Å². The van der Waals surface area contributed by atoms with Gasteiger partial charge in [-0.3, -0.25) is 9.59 Å². The lowest BCUT2D eigenvalue weighted by Gasteiger charge is -2.38. The van der Waals surface area contributed by atoms with Crippen LogP contribution in [0.15, 0.2) is 24.3 Å².